The second kappa shape index (κ2) is 6.71. The van der Waals surface area contributed by atoms with Crippen LogP contribution in [0.2, 0.25) is 0 Å². The summed E-state index contributed by atoms with van der Waals surface area (Å²) in [4.78, 5) is 16.7. The molecular formula is C20H20N2O2. The second-order valence-corrected chi connectivity index (χ2v) is 5.85. The number of benzene rings is 2. The van der Waals surface area contributed by atoms with Gasteiger partial charge in [0.25, 0.3) is 0 Å². The number of hydrogen-bond acceptors (Lipinski definition) is 3. The molecule has 1 atom stereocenters. The molecule has 3 rings (SSSR count). The van der Waals surface area contributed by atoms with Gasteiger partial charge in [-0.2, -0.15) is 0 Å². The molecule has 0 radical (unpaired) electrons. The molecule has 0 aliphatic heterocycles. The van der Waals surface area contributed by atoms with Crippen molar-refractivity contribution in [1.82, 2.24) is 4.98 Å². The third-order valence-electron chi connectivity index (χ3n) is 4.22. The number of carbonyl (C=O) groups is 1. The van der Waals surface area contributed by atoms with Crippen molar-refractivity contribution in [3.8, 4) is 5.75 Å². The summed E-state index contributed by atoms with van der Waals surface area (Å²) in [7, 11) is 1.65. The molecule has 0 spiro atoms. The van der Waals surface area contributed by atoms with E-state index in [0.717, 1.165) is 27.6 Å². The molecule has 0 unspecified atom stereocenters. The van der Waals surface area contributed by atoms with Crippen molar-refractivity contribution in [2.24, 2.45) is 0 Å². The van der Waals surface area contributed by atoms with E-state index < -0.39 is 0 Å². The molecule has 0 saturated heterocycles. The zero-order valence-electron chi connectivity index (χ0n) is 14.0. The Morgan fingerprint density at radius 1 is 1.12 bits per heavy atom. The number of hydrogen-bond donors (Lipinski definition) is 1. The fraction of sp³-hybridized carbons (Fsp3) is 0.200. The molecule has 4 nitrogen and oxygen atoms in total. The minimum absolute atomic E-state index is 0.0651. The van der Waals surface area contributed by atoms with E-state index in [0.29, 0.717) is 5.82 Å². The van der Waals surface area contributed by atoms with Crippen molar-refractivity contribution in [3.63, 3.8) is 0 Å². The van der Waals surface area contributed by atoms with Gasteiger partial charge in [-0.1, -0.05) is 30.3 Å². The first-order valence-corrected chi connectivity index (χ1v) is 7.88. The van der Waals surface area contributed by atoms with Crippen LogP contribution in [0.3, 0.4) is 0 Å². The van der Waals surface area contributed by atoms with Crippen LogP contribution in [0.4, 0.5) is 5.82 Å². The van der Waals surface area contributed by atoms with Crippen molar-refractivity contribution in [2.75, 3.05) is 12.4 Å². The SMILES string of the molecule is COc1ccc2cc([C@@H](C)C(=O)Nc3ncccc3C)ccc2c1. The first-order valence-electron chi connectivity index (χ1n) is 7.88. The van der Waals surface area contributed by atoms with Crippen molar-refractivity contribution >= 4 is 22.5 Å². The highest BCUT2D eigenvalue weighted by Crippen LogP contribution is 2.26. The summed E-state index contributed by atoms with van der Waals surface area (Å²) >= 11 is 0. The maximum atomic E-state index is 12.5. The third kappa shape index (κ3) is 3.23. The lowest BCUT2D eigenvalue weighted by molar-refractivity contribution is -0.117. The Morgan fingerprint density at radius 3 is 2.62 bits per heavy atom. The van der Waals surface area contributed by atoms with Gasteiger partial charge in [0, 0.05) is 6.20 Å². The van der Waals surface area contributed by atoms with Crippen LogP contribution in [-0.2, 0) is 4.79 Å². The highest BCUT2D eigenvalue weighted by atomic mass is 16.5. The van der Waals surface area contributed by atoms with Crippen LogP contribution in [0.15, 0.2) is 54.7 Å². The summed E-state index contributed by atoms with van der Waals surface area (Å²) in [6.07, 6.45) is 1.68. The zero-order chi connectivity index (χ0) is 17.1. The van der Waals surface area contributed by atoms with Crippen LogP contribution in [-0.4, -0.2) is 18.0 Å². The summed E-state index contributed by atoms with van der Waals surface area (Å²) in [6, 6.07) is 15.7. The fourth-order valence-electron chi connectivity index (χ4n) is 2.63. The smallest absolute Gasteiger partial charge is 0.232 e. The van der Waals surface area contributed by atoms with Crippen LogP contribution in [0.25, 0.3) is 10.8 Å². The number of aromatic nitrogens is 1. The van der Waals surface area contributed by atoms with E-state index in [9.17, 15) is 4.79 Å². The van der Waals surface area contributed by atoms with Gasteiger partial charge in [0.05, 0.1) is 13.0 Å². The number of aryl methyl sites for hydroxylation is 1. The molecule has 1 aromatic heterocycles. The number of carbonyl (C=O) groups excluding carboxylic acids is 1. The molecule has 3 aromatic rings. The van der Waals surface area contributed by atoms with E-state index in [-0.39, 0.29) is 11.8 Å². The lowest BCUT2D eigenvalue weighted by atomic mass is 9.97. The number of rotatable bonds is 4. The Hall–Kier alpha value is -2.88. The molecule has 2 aromatic carbocycles. The minimum Gasteiger partial charge on any atom is -0.497 e. The van der Waals surface area contributed by atoms with Crippen molar-refractivity contribution < 1.29 is 9.53 Å². The van der Waals surface area contributed by atoms with Crippen molar-refractivity contribution in [1.29, 1.82) is 0 Å². The quantitative estimate of drug-likeness (QED) is 0.780. The van der Waals surface area contributed by atoms with E-state index in [1.165, 1.54) is 0 Å². The summed E-state index contributed by atoms with van der Waals surface area (Å²) in [5.74, 6) is 1.11. The summed E-state index contributed by atoms with van der Waals surface area (Å²) in [5, 5.41) is 5.08. The number of anilines is 1. The van der Waals surface area contributed by atoms with E-state index >= 15 is 0 Å². The third-order valence-corrected chi connectivity index (χ3v) is 4.22. The number of fused-ring (bicyclic) bond motifs is 1. The summed E-state index contributed by atoms with van der Waals surface area (Å²) < 4.78 is 5.24. The number of amides is 1. The first kappa shape index (κ1) is 16.0. The second-order valence-electron chi connectivity index (χ2n) is 5.85. The Labute approximate surface area is 141 Å². The predicted molar refractivity (Wildman–Crippen MR) is 96.5 cm³/mol. The zero-order valence-corrected chi connectivity index (χ0v) is 14.0. The minimum atomic E-state index is -0.266. The fourth-order valence-corrected chi connectivity index (χ4v) is 2.63. The summed E-state index contributed by atoms with van der Waals surface area (Å²) in [6.45, 7) is 3.83. The van der Waals surface area contributed by atoms with E-state index in [4.69, 9.17) is 4.74 Å². The predicted octanol–water partition coefficient (Wildman–Crippen LogP) is 4.29. The molecule has 0 saturated carbocycles. The first-order chi connectivity index (χ1) is 11.6. The Bertz CT molecular complexity index is 890. The van der Waals surface area contributed by atoms with E-state index in [1.807, 2.05) is 62.4 Å². The lowest BCUT2D eigenvalue weighted by Crippen LogP contribution is -2.20. The normalized spacial score (nSPS) is 12.0. The number of nitrogens with one attached hydrogen (secondary N) is 1. The van der Waals surface area contributed by atoms with Gasteiger partial charge in [0.15, 0.2) is 0 Å². The number of pyridine rings is 1. The van der Waals surface area contributed by atoms with Gasteiger partial charge >= 0.3 is 0 Å². The molecule has 1 amide bonds. The molecule has 4 heteroatoms. The summed E-state index contributed by atoms with van der Waals surface area (Å²) in [5.41, 5.74) is 1.92. The van der Waals surface area contributed by atoms with E-state index in [1.54, 1.807) is 13.3 Å². The Balaban J connectivity index is 1.83. The van der Waals surface area contributed by atoms with Gasteiger partial charge in [-0.25, -0.2) is 4.98 Å². The highest BCUT2D eigenvalue weighted by molar-refractivity contribution is 5.96. The van der Waals surface area contributed by atoms with Crippen LogP contribution in [0, 0.1) is 6.92 Å². The molecule has 0 aliphatic carbocycles. The average molecular weight is 320 g/mol. The molecule has 1 heterocycles. The number of methoxy groups -OCH3 is 1. The Kier molecular flexibility index (Phi) is 4.47. The van der Waals surface area contributed by atoms with Crippen LogP contribution < -0.4 is 10.1 Å². The van der Waals surface area contributed by atoms with Gasteiger partial charge in [-0.15, -0.1) is 0 Å². The molecule has 122 valence electrons. The molecular weight excluding hydrogens is 300 g/mol. The highest BCUT2D eigenvalue weighted by Gasteiger charge is 2.17. The molecule has 0 bridgehead atoms. The van der Waals surface area contributed by atoms with Crippen molar-refractivity contribution in [3.05, 3.63) is 65.9 Å². The molecule has 1 N–H and O–H groups in total. The molecule has 0 aliphatic rings. The van der Waals surface area contributed by atoms with Gasteiger partial charge < -0.3 is 10.1 Å². The van der Waals surface area contributed by atoms with Gasteiger partial charge in [-0.05, 0) is 53.9 Å². The average Bonchev–Trinajstić information content (AvgIpc) is 2.62. The monoisotopic (exact) mass is 320 g/mol. The van der Waals surface area contributed by atoms with Crippen LogP contribution in [0.1, 0.15) is 24.0 Å². The van der Waals surface area contributed by atoms with Crippen LogP contribution in [0.5, 0.6) is 5.75 Å². The van der Waals surface area contributed by atoms with Gasteiger partial charge in [-0.3, -0.25) is 4.79 Å². The topological polar surface area (TPSA) is 51.2 Å². The lowest BCUT2D eigenvalue weighted by Gasteiger charge is -2.14. The molecule has 24 heavy (non-hydrogen) atoms. The van der Waals surface area contributed by atoms with Crippen LogP contribution >= 0.6 is 0 Å². The largest absolute Gasteiger partial charge is 0.497 e. The Morgan fingerprint density at radius 2 is 1.88 bits per heavy atom. The van der Waals surface area contributed by atoms with Crippen molar-refractivity contribution in [2.45, 2.75) is 19.8 Å². The van der Waals surface area contributed by atoms with Gasteiger partial charge in [0.2, 0.25) is 5.91 Å². The molecule has 0 fully saturated rings. The standard InChI is InChI=1S/C20H20N2O2/c1-13-5-4-10-21-19(13)22-20(23)14(2)15-6-7-17-12-18(24-3)9-8-16(17)11-15/h4-12,14H,1-3H3,(H,21,22,23)/t14-/m1/s1. The number of nitrogens with zero attached hydrogens (tertiary/aromatic N) is 1. The number of ether oxygens (including phenoxy) is 1. The van der Waals surface area contributed by atoms with E-state index in [2.05, 4.69) is 10.3 Å². The maximum Gasteiger partial charge on any atom is 0.232 e. The van der Waals surface area contributed by atoms with Gasteiger partial charge in [0.1, 0.15) is 11.6 Å². The maximum absolute atomic E-state index is 12.5.